The largest absolute Gasteiger partial charge is 0.496 e. The number of morpholine rings is 1. The van der Waals surface area contributed by atoms with Gasteiger partial charge in [-0.15, -0.1) is 0 Å². The summed E-state index contributed by atoms with van der Waals surface area (Å²) in [5.74, 6) is -0.646. The molecule has 7 nitrogen and oxygen atoms in total. The highest BCUT2D eigenvalue weighted by Crippen LogP contribution is 2.31. The first-order chi connectivity index (χ1) is 15.4. The van der Waals surface area contributed by atoms with Gasteiger partial charge in [-0.2, -0.15) is 0 Å². The summed E-state index contributed by atoms with van der Waals surface area (Å²) in [6, 6.07) is 10.2. The number of carbonyl (C=O) groups is 2. The Morgan fingerprint density at radius 1 is 1.06 bits per heavy atom. The molecule has 0 aromatic heterocycles. The maximum absolute atomic E-state index is 13.2. The van der Waals surface area contributed by atoms with E-state index < -0.39 is 11.8 Å². The van der Waals surface area contributed by atoms with Gasteiger partial charge < -0.3 is 14.4 Å². The van der Waals surface area contributed by atoms with Crippen LogP contribution < -0.4 is 19.9 Å². The third-order valence-electron chi connectivity index (χ3n) is 5.10. The number of halogens is 2. The van der Waals surface area contributed by atoms with Crippen LogP contribution in [0.5, 0.6) is 5.75 Å². The lowest BCUT2D eigenvalue weighted by atomic mass is 10.1. The van der Waals surface area contributed by atoms with Crippen LogP contribution in [-0.4, -0.2) is 50.3 Å². The Bertz CT molecular complexity index is 1110. The first-order valence-electron chi connectivity index (χ1n) is 9.75. The second-order valence-electron chi connectivity index (χ2n) is 7.11. The van der Waals surface area contributed by atoms with E-state index in [4.69, 9.17) is 44.9 Å². The molecule has 0 radical (unpaired) electrons. The zero-order valence-electron chi connectivity index (χ0n) is 17.1. The summed E-state index contributed by atoms with van der Waals surface area (Å²) in [4.78, 5) is 29.2. The number of benzene rings is 2. The van der Waals surface area contributed by atoms with Crippen molar-refractivity contribution in [3.05, 3.63) is 57.6 Å². The SMILES string of the molecule is COc1cc(N2CCOCC2)ccc1/C=C1\C(=O)NC(=S)N(c2cc(Cl)cc(Cl)c2)C1=O. The van der Waals surface area contributed by atoms with Gasteiger partial charge in [-0.3, -0.25) is 19.8 Å². The average Bonchev–Trinajstić information content (AvgIpc) is 2.76. The minimum atomic E-state index is -0.594. The summed E-state index contributed by atoms with van der Waals surface area (Å²) in [6.07, 6.45) is 1.49. The fourth-order valence-electron chi connectivity index (χ4n) is 3.55. The number of hydrogen-bond donors (Lipinski definition) is 1. The number of thiocarbonyl (C=S) groups is 1. The standard InChI is InChI=1S/C22H19Cl2N3O4S/c1-30-19-12-16(26-4-6-31-7-5-26)3-2-13(19)8-18-20(28)25-22(32)27(21(18)29)17-10-14(23)9-15(24)11-17/h2-3,8-12H,4-7H2,1H3,(H,25,28,32)/b18-8+. The molecule has 2 fully saturated rings. The number of nitrogens with zero attached hydrogens (tertiary/aromatic N) is 2. The van der Waals surface area contributed by atoms with Crippen molar-refractivity contribution in [2.24, 2.45) is 0 Å². The Morgan fingerprint density at radius 3 is 2.41 bits per heavy atom. The Labute approximate surface area is 200 Å². The lowest BCUT2D eigenvalue weighted by Crippen LogP contribution is -2.54. The molecule has 0 atom stereocenters. The molecule has 0 spiro atoms. The molecule has 0 saturated carbocycles. The zero-order valence-corrected chi connectivity index (χ0v) is 19.4. The lowest BCUT2D eigenvalue weighted by molar-refractivity contribution is -0.122. The van der Waals surface area contributed by atoms with Crippen molar-refractivity contribution in [3.63, 3.8) is 0 Å². The summed E-state index contributed by atoms with van der Waals surface area (Å²) >= 11 is 17.4. The first-order valence-corrected chi connectivity index (χ1v) is 10.9. The second kappa shape index (κ2) is 9.46. The maximum atomic E-state index is 13.2. The predicted molar refractivity (Wildman–Crippen MR) is 129 cm³/mol. The van der Waals surface area contributed by atoms with Crippen molar-refractivity contribution in [2.75, 3.05) is 43.2 Å². The molecule has 1 N–H and O–H groups in total. The molecule has 2 aromatic rings. The van der Waals surface area contributed by atoms with Gasteiger partial charge in [0.05, 0.1) is 26.0 Å². The van der Waals surface area contributed by atoms with E-state index >= 15 is 0 Å². The van der Waals surface area contributed by atoms with Crippen molar-refractivity contribution in [3.8, 4) is 5.75 Å². The highest BCUT2D eigenvalue weighted by Gasteiger charge is 2.35. The van der Waals surface area contributed by atoms with E-state index in [1.165, 1.54) is 11.0 Å². The molecule has 2 aliphatic heterocycles. The van der Waals surface area contributed by atoms with Crippen molar-refractivity contribution in [2.45, 2.75) is 0 Å². The summed E-state index contributed by atoms with van der Waals surface area (Å²) in [7, 11) is 1.54. The molecule has 4 rings (SSSR count). The molecule has 2 amide bonds. The molecule has 0 aliphatic carbocycles. The summed E-state index contributed by atoms with van der Waals surface area (Å²) in [5, 5.41) is 3.18. The number of hydrogen-bond acceptors (Lipinski definition) is 6. The minimum absolute atomic E-state index is 0.0508. The molecule has 2 saturated heterocycles. The molecule has 0 bridgehead atoms. The lowest BCUT2D eigenvalue weighted by Gasteiger charge is -2.30. The van der Waals surface area contributed by atoms with Crippen LogP contribution in [0, 0.1) is 0 Å². The van der Waals surface area contributed by atoms with Crippen molar-refractivity contribution < 1.29 is 19.1 Å². The summed E-state index contributed by atoms with van der Waals surface area (Å²) in [5.41, 5.74) is 1.83. The third-order valence-corrected chi connectivity index (χ3v) is 5.82. The number of rotatable bonds is 4. The number of carbonyl (C=O) groups excluding carboxylic acids is 2. The monoisotopic (exact) mass is 491 g/mol. The number of nitrogens with one attached hydrogen (secondary N) is 1. The summed E-state index contributed by atoms with van der Waals surface area (Å²) < 4.78 is 10.9. The Kier molecular flexibility index (Phi) is 6.66. The topological polar surface area (TPSA) is 71.1 Å². The fraction of sp³-hybridized carbons (Fsp3) is 0.227. The molecule has 2 heterocycles. The molecular formula is C22H19Cl2N3O4S. The van der Waals surface area contributed by atoms with E-state index in [-0.39, 0.29) is 10.7 Å². The number of anilines is 2. The molecule has 2 aliphatic rings. The van der Waals surface area contributed by atoms with E-state index in [0.29, 0.717) is 40.3 Å². The van der Waals surface area contributed by atoms with Crippen LogP contribution in [0.2, 0.25) is 10.0 Å². The van der Waals surface area contributed by atoms with Crippen LogP contribution in [0.4, 0.5) is 11.4 Å². The second-order valence-corrected chi connectivity index (χ2v) is 8.37. The fourth-order valence-corrected chi connectivity index (χ4v) is 4.35. The van der Waals surface area contributed by atoms with E-state index in [1.807, 2.05) is 18.2 Å². The minimum Gasteiger partial charge on any atom is -0.496 e. The molecule has 2 aromatic carbocycles. The van der Waals surface area contributed by atoms with Crippen LogP contribution in [0.15, 0.2) is 42.0 Å². The highest BCUT2D eigenvalue weighted by molar-refractivity contribution is 7.80. The smallest absolute Gasteiger partial charge is 0.270 e. The van der Waals surface area contributed by atoms with Crippen LogP contribution in [0.3, 0.4) is 0 Å². The maximum Gasteiger partial charge on any atom is 0.270 e. The number of ether oxygens (including phenoxy) is 2. The molecule has 0 unspecified atom stereocenters. The third kappa shape index (κ3) is 4.59. The van der Waals surface area contributed by atoms with Crippen LogP contribution in [0.25, 0.3) is 6.08 Å². The van der Waals surface area contributed by atoms with Gasteiger partial charge in [0.15, 0.2) is 5.11 Å². The van der Waals surface area contributed by atoms with Gasteiger partial charge in [-0.1, -0.05) is 23.2 Å². The zero-order chi connectivity index (χ0) is 22.8. The van der Waals surface area contributed by atoms with Gasteiger partial charge in [0.1, 0.15) is 11.3 Å². The van der Waals surface area contributed by atoms with Gasteiger partial charge in [-0.05, 0) is 48.6 Å². The van der Waals surface area contributed by atoms with Crippen molar-refractivity contribution in [1.29, 1.82) is 0 Å². The van der Waals surface area contributed by atoms with E-state index in [2.05, 4.69) is 10.2 Å². The first kappa shape index (κ1) is 22.5. The van der Waals surface area contributed by atoms with E-state index in [9.17, 15) is 9.59 Å². The Hall–Kier alpha value is -2.65. The van der Waals surface area contributed by atoms with Gasteiger partial charge >= 0.3 is 0 Å². The van der Waals surface area contributed by atoms with Gasteiger partial charge in [0.25, 0.3) is 11.8 Å². The van der Waals surface area contributed by atoms with Gasteiger partial charge in [0.2, 0.25) is 0 Å². The van der Waals surface area contributed by atoms with Crippen molar-refractivity contribution in [1.82, 2.24) is 5.32 Å². The molecule has 32 heavy (non-hydrogen) atoms. The van der Waals surface area contributed by atoms with Crippen LogP contribution >= 0.6 is 35.4 Å². The number of methoxy groups -OCH3 is 1. The van der Waals surface area contributed by atoms with Crippen LogP contribution in [-0.2, 0) is 14.3 Å². The van der Waals surface area contributed by atoms with E-state index in [0.717, 1.165) is 18.8 Å². The van der Waals surface area contributed by atoms with Gasteiger partial charge in [0, 0.05) is 40.5 Å². The number of amides is 2. The average molecular weight is 492 g/mol. The van der Waals surface area contributed by atoms with Gasteiger partial charge in [-0.25, -0.2) is 0 Å². The van der Waals surface area contributed by atoms with E-state index in [1.54, 1.807) is 25.3 Å². The Balaban J connectivity index is 1.69. The molecule has 166 valence electrons. The Morgan fingerprint density at radius 2 is 1.75 bits per heavy atom. The van der Waals surface area contributed by atoms with Crippen molar-refractivity contribution >= 4 is 69.8 Å². The quantitative estimate of drug-likeness (QED) is 0.399. The highest BCUT2D eigenvalue weighted by atomic mass is 35.5. The summed E-state index contributed by atoms with van der Waals surface area (Å²) in [6.45, 7) is 2.87. The predicted octanol–water partition coefficient (Wildman–Crippen LogP) is 3.67. The molecular weight excluding hydrogens is 473 g/mol. The molecule has 10 heteroatoms. The normalized spacial score (nSPS) is 18.2. The van der Waals surface area contributed by atoms with Crippen LogP contribution in [0.1, 0.15) is 5.56 Å².